The molecule has 0 spiro atoms. The van der Waals surface area contributed by atoms with E-state index in [1.165, 1.54) is 43.5 Å². The lowest BCUT2D eigenvalue weighted by atomic mass is 9.94. The molecule has 2 fully saturated rings. The first-order valence-corrected chi connectivity index (χ1v) is 6.79. The standard InChI is InChI=1S/C15H21NO/c1-3-14(15-6-8-17-11-15)4-2-12(1)9-13-5-7-16-10-13/h1-4,13,15-16H,5-11H2. The quantitative estimate of drug-likeness (QED) is 0.862. The van der Waals surface area contributed by atoms with Gasteiger partial charge in [-0.1, -0.05) is 24.3 Å². The average Bonchev–Trinajstić information content (AvgIpc) is 3.01. The van der Waals surface area contributed by atoms with E-state index in [2.05, 4.69) is 29.6 Å². The first-order chi connectivity index (χ1) is 8.42. The fourth-order valence-electron chi connectivity index (χ4n) is 2.95. The van der Waals surface area contributed by atoms with E-state index in [4.69, 9.17) is 4.74 Å². The number of nitrogens with one attached hydrogen (secondary N) is 1. The molecule has 0 aliphatic carbocycles. The van der Waals surface area contributed by atoms with Crippen molar-refractivity contribution in [3.63, 3.8) is 0 Å². The van der Waals surface area contributed by atoms with Gasteiger partial charge in [0, 0.05) is 12.5 Å². The van der Waals surface area contributed by atoms with Crippen molar-refractivity contribution in [1.29, 1.82) is 0 Å². The normalized spacial score (nSPS) is 28.7. The Bertz CT molecular complexity index is 348. The Morgan fingerprint density at radius 1 is 1.18 bits per heavy atom. The van der Waals surface area contributed by atoms with Crippen LogP contribution in [0.1, 0.15) is 29.9 Å². The highest BCUT2D eigenvalue weighted by molar-refractivity contribution is 5.26. The van der Waals surface area contributed by atoms with Gasteiger partial charge >= 0.3 is 0 Å². The lowest BCUT2D eigenvalue weighted by Gasteiger charge is -2.11. The molecule has 0 bridgehead atoms. The third kappa shape index (κ3) is 2.70. The zero-order valence-electron chi connectivity index (χ0n) is 10.3. The van der Waals surface area contributed by atoms with E-state index in [0.717, 1.165) is 19.1 Å². The van der Waals surface area contributed by atoms with Gasteiger partial charge in [-0.25, -0.2) is 0 Å². The van der Waals surface area contributed by atoms with Gasteiger partial charge in [-0.05, 0) is 49.4 Å². The molecule has 2 saturated heterocycles. The van der Waals surface area contributed by atoms with Crippen LogP contribution in [0.2, 0.25) is 0 Å². The monoisotopic (exact) mass is 231 g/mol. The molecule has 0 amide bonds. The zero-order chi connectivity index (χ0) is 11.5. The number of rotatable bonds is 3. The number of ether oxygens (including phenoxy) is 1. The maximum Gasteiger partial charge on any atom is 0.0535 e. The van der Waals surface area contributed by atoms with E-state index in [0.29, 0.717) is 5.92 Å². The molecule has 2 atom stereocenters. The molecule has 92 valence electrons. The van der Waals surface area contributed by atoms with Gasteiger partial charge in [0.1, 0.15) is 0 Å². The molecule has 0 radical (unpaired) electrons. The molecule has 2 nitrogen and oxygen atoms in total. The van der Waals surface area contributed by atoms with Gasteiger partial charge in [-0.3, -0.25) is 0 Å². The summed E-state index contributed by atoms with van der Waals surface area (Å²) in [6.45, 7) is 4.23. The number of hydrogen-bond donors (Lipinski definition) is 1. The summed E-state index contributed by atoms with van der Waals surface area (Å²) in [5.74, 6) is 1.48. The van der Waals surface area contributed by atoms with E-state index in [1.807, 2.05) is 0 Å². The Balaban J connectivity index is 1.62. The second-order valence-corrected chi connectivity index (χ2v) is 5.37. The molecule has 0 saturated carbocycles. The largest absolute Gasteiger partial charge is 0.381 e. The van der Waals surface area contributed by atoms with E-state index in [-0.39, 0.29) is 0 Å². The van der Waals surface area contributed by atoms with Crippen LogP contribution in [-0.2, 0) is 11.2 Å². The summed E-state index contributed by atoms with van der Waals surface area (Å²) in [6, 6.07) is 9.23. The van der Waals surface area contributed by atoms with Gasteiger partial charge in [-0.2, -0.15) is 0 Å². The molecule has 0 aromatic heterocycles. The molecule has 3 rings (SSSR count). The maximum absolute atomic E-state index is 5.44. The van der Waals surface area contributed by atoms with Gasteiger partial charge < -0.3 is 10.1 Å². The lowest BCUT2D eigenvalue weighted by Crippen LogP contribution is -2.10. The first kappa shape index (κ1) is 11.2. The van der Waals surface area contributed by atoms with Crippen LogP contribution in [0.5, 0.6) is 0 Å². The molecule has 1 aromatic rings. The van der Waals surface area contributed by atoms with Gasteiger partial charge in [0.25, 0.3) is 0 Å². The summed E-state index contributed by atoms with van der Waals surface area (Å²) in [4.78, 5) is 0. The van der Waals surface area contributed by atoms with Crippen LogP contribution in [0.15, 0.2) is 24.3 Å². The van der Waals surface area contributed by atoms with Gasteiger partial charge in [0.2, 0.25) is 0 Å². The minimum atomic E-state index is 0.636. The van der Waals surface area contributed by atoms with Crippen LogP contribution in [-0.4, -0.2) is 26.3 Å². The Morgan fingerprint density at radius 3 is 2.71 bits per heavy atom. The van der Waals surface area contributed by atoms with Crippen molar-refractivity contribution in [1.82, 2.24) is 5.32 Å². The molecule has 2 aliphatic heterocycles. The lowest BCUT2D eigenvalue weighted by molar-refractivity contribution is 0.194. The topological polar surface area (TPSA) is 21.3 Å². The molecule has 17 heavy (non-hydrogen) atoms. The zero-order valence-corrected chi connectivity index (χ0v) is 10.3. The third-order valence-electron chi connectivity index (χ3n) is 4.07. The van der Waals surface area contributed by atoms with Crippen molar-refractivity contribution in [2.24, 2.45) is 5.92 Å². The second kappa shape index (κ2) is 5.19. The molecule has 1 aromatic carbocycles. The average molecular weight is 231 g/mol. The SMILES string of the molecule is c1cc(C2CCOC2)ccc1CC1CCNC1. The predicted molar refractivity (Wildman–Crippen MR) is 69.3 cm³/mol. The third-order valence-corrected chi connectivity index (χ3v) is 4.07. The number of hydrogen-bond acceptors (Lipinski definition) is 2. The van der Waals surface area contributed by atoms with Crippen molar-refractivity contribution in [2.45, 2.75) is 25.2 Å². The van der Waals surface area contributed by atoms with Crippen LogP contribution in [0, 0.1) is 5.92 Å². The van der Waals surface area contributed by atoms with Crippen molar-refractivity contribution in [2.75, 3.05) is 26.3 Å². The van der Waals surface area contributed by atoms with Crippen molar-refractivity contribution < 1.29 is 4.74 Å². The highest BCUT2D eigenvalue weighted by Gasteiger charge is 2.18. The van der Waals surface area contributed by atoms with Crippen molar-refractivity contribution >= 4 is 0 Å². The van der Waals surface area contributed by atoms with Crippen molar-refractivity contribution in [3.8, 4) is 0 Å². The van der Waals surface area contributed by atoms with E-state index in [1.54, 1.807) is 0 Å². The summed E-state index contributed by atoms with van der Waals surface area (Å²) in [7, 11) is 0. The molecular formula is C15H21NO. The van der Waals surface area contributed by atoms with Crippen LogP contribution >= 0.6 is 0 Å². The van der Waals surface area contributed by atoms with Gasteiger partial charge in [0.15, 0.2) is 0 Å². The smallest absolute Gasteiger partial charge is 0.0535 e. The second-order valence-electron chi connectivity index (χ2n) is 5.37. The Labute approximate surface area is 103 Å². The molecule has 2 unspecified atom stereocenters. The van der Waals surface area contributed by atoms with Crippen molar-refractivity contribution in [3.05, 3.63) is 35.4 Å². The summed E-state index contributed by atoms with van der Waals surface area (Å²) in [5.41, 5.74) is 2.94. The first-order valence-electron chi connectivity index (χ1n) is 6.79. The Hall–Kier alpha value is -0.860. The fourth-order valence-corrected chi connectivity index (χ4v) is 2.95. The van der Waals surface area contributed by atoms with Crippen LogP contribution < -0.4 is 5.32 Å². The molecule has 2 heteroatoms. The van der Waals surface area contributed by atoms with Crippen LogP contribution in [0.3, 0.4) is 0 Å². The molecule has 2 aliphatic rings. The van der Waals surface area contributed by atoms with Crippen LogP contribution in [0.4, 0.5) is 0 Å². The molecule has 1 N–H and O–H groups in total. The van der Waals surface area contributed by atoms with E-state index < -0.39 is 0 Å². The van der Waals surface area contributed by atoms with E-state index in [9.17, 15) is 0 Å². The van der Waals surface area contributed by atoms with Gasteiger partial charge in [0.05, 0.1) is 6.61 Å². The summed E-state index contributed by atoms with van der Waals surface area (Å²) < 4.78 is 5.44. The minimum Gasteiger partial charge on any atom is -0.381 e. The van der Waals surface area contributed by atoms with Gasteiger partial charge in [-0.15, -0.1) is 0 Å². The minimum absolute atomic E-state index is 0.636. The van der Waals surface area contributed by atoms with Crippen LogP contribution in [0.25, 0.3) is 0 Å². The summed E-state index contributed by atoms with van der Waals surface area (Å²) in [6.07, 6.45) is 3.75. The highest BCUT2D eigenvalue weighted by atomic mass is 16.5. The highest BCUT2D eigenvalue weighted by Crippen LogP contribution is 2.26. The predicted octanol–water partition coefficient (Wildman–Crippen LogP) is 2.34. The summed E-state index contributed by atoms with van der Waals surface area (Å²) >= 11 is 0. The maximum atomic E-state index is 5.44. The van der Waals surface area contributed by atoms with E-state index >= 15 is 0 Å². The summed E-state index contributed by atoms with van der Waals surface area (Å²) in [5, 5.41) is 3.43. The number of benzene rings is 1. The fraction of sp³-hybridized carbons (Fsp3) is 0.600. The molecule has 2 heterocycles. The Kier molecular flexibility index (Phi) is 3.44. The molecular weight excluding hydrogens is 210 g/mol. The Morgan fingerprint density at radius 2 is 2.06 bits per heavy atom.